The van der Waals surface area contributed by atoms with Crippen LogP contribution in [0.25, 0.3) is 0 Å². The fourth-order valence-electron chi connectivity index (χ4n) is 0.992. The van der Waals surface area contributed by atoms with Crippen LogP contribution in [0.3, 0.4) is 0 Å². The first-order valence-corrected chi connectivity index (χ1v) is 5.27. The molecule has 1 amide bonds. The van der Waals surface area contributed by atoms with Crippen LogP contribution in [-0.4, -0.2) is 34.7 Å². The standard InChI is InChI=1S/C9H11BrN2O2/c1-12(5-4-10)9(14)7-2-3-8(13)11-6-7/h2-3,6H,4-5H2,1H3,(H,11,13). The molecule has 0 aliphatic rings. The highest BCUT2D eigenvalue weighted by Gasteiger charge is 2.10. The topological polar surface area (TPSA) is 53.2 Å². The number of rotatable bonds is 3. The largest absolute Gasteiger partial charge is 0.341 e. The second-order valence-electron chi connectivity index (χ2n) is 2.86. The Morgan fingerprint density at radius 1 is 1.57 bits per heavy atom. The van der Waals surface area contributed by atoms with Crippen molar-refractivity contribution in [3.63, 3.8) is 0 Å². The molecule has 1 aromatic heterocycles. The summed E-state index contributed by atoms with van der Waals surface area (Å²) in [5, 5.41) is 0.735. The van der Waals surface area contributed by atoms with E-state index in [1.54, 1.807) is 11.9 Å². The highest BCUT2D eigenvalue weighted by atomic mass is 79.9. The van der Waals surface area contributed by atoms with Crippen molar-refractivity contribution in [2.24, 2.45) is 0 Å². The third-order valence-corrected chi connectivity index (χ3v) is 2.15. The van der Waals surface area contributed by atoms with Gasteiger partial charge < -0.3 is 9.88 Å². The summed E-state index contributed by atoms with van der Waals surface area (Å²) >= 11 is 3.25. The van der Waals surface area contributed by atoms with Gasteiger partial charge >= 0.3 is 0 Å². The normalized spacial score (nSPS) is 9.86. The summed E-state index contributed by atoms with van der Waals surface area (Å²) in [5.74, 6) is -0.0966. The summed E-state index contributed by atoms with van der Waals surface area (Å²) in [4.78, 5) is 26.4. The van der Waals surface area contributed by atoms with Gasteiger partial charge in [0.05, 0.1) is 5.56 Å². The molecule has 0 saturated carbocycles. The Bertz CT molecular complexity index is 355. The van der Waals surface area contributed by atoms with Crippen molar-refractivity contribution < 1.29 is 4.79 Å². The van der Waals surface area contributed by atoms with Crippen molar-refractivity contribution in [2.45, 2.75) is 0 Å². The Labute approximate surface area is 90.1 Å². The van der Waals surface area contributed by atoms with E-state index in [0.717, 1.165) is 5.33 Å². The van der Waals surface area contributed by atoms with Gasteiger partial charge in [0, 0.05) is 31.2 Å². The number of amides is 1. The molecule has 0 radical (unpaired) electrons. The van der Waals surface area contributed by atoms with Crippen LogP contribution in [-0.2, 0) is 0 Å². The quantitative estimate of drug-likeness (QED) is 0.818. The van der Waals surface area contributed by atoms with E-state index in [1.165, 1.54) is 18.3 Å². The number of hydrogen-bond donors (Lipinski definition) is 1. The molecule has 0 aliphatic heterocycles. The number of aromatic nitrogens is 1. The second kappa shape index (κ2) is 4.95. The van der Waals surface area contributed by atoms with E-state index in [0.29, 0.717) is 12.1 Å². The first-order chi connectivity index (χ1) is 6.65. The molecule has 1 aromatic rings. The van der Waals surface area contributed by atoms with Crippen molar-refractivity contribution in [2.75, 3.05) is 18.9 Å². The molecule has 1 heterocycles. The maximum absolute atomic E-state index is 11.6. The van der Waals surface area contributed by atoms with Crippen molar-refractivity contribution in [3.8, 4) is 0 Å². The lowest BCUT2D eigenvalue weighted by Gasteiger charge is -2.14. The highest BCUT2D eigenvalue weighted by Crippen LogP contribution is 1.99. The van der Waals surface area contributed by atoms with Crippen LogP contribution in [0.1, 0.15) is 10.4 Å². The summed E-state index contributed by atoms with van der Waals surface area (Å²) in [6, 6.07) is 2.86. The molecule has 0 aromatic carbocycles. The lowest BCUT2D eigenvalue weighted by Crippen LogP contribution is -2.28. The molecule has 4 nitrogen and oxygen atoms in total. The number of halogens is 1. The molecule has 14 heavy (non-hydrogen) atoms. The zero-order chi connectivity index (χ0) is 10.6. The van der Waals surface area contributed by atoms with Gasteiger partial charge in [-0.25, -0.2) is 0 Å². The fourth-order valence-corrected chi connectivity index (χ4v) is 1.52. The van der Waals surface area contributed by atoms with Gasteiger partial charge in [0.25, 0.3) is 5.91 Å². The van der Waals surface area contributed by atoms with Gasteiger partial charge in [0.2, 0.25) is 5.56 Å². The number of H-pyrrole nitrogens is 1. The molecule has 0 fully saturated rings. The molecule has 0 spiro atoms. The lowest BCUT2D eigenvalue weighted by atomic mass is 10.2. The van der Waals surface area contributed by atoms with Gasteiger partial charge in [0.1, 0.15) is 0 Å². The van der Waals surface area contributed by atoms with E-state index in [-0.39, 0.29) is 11.5 Å². The molecule has 0 aliphatic carbocycles. The minimum atomic E-state index is -0.204. The van der Waals surface area contributed by atoms with Crippen molar-refractivity contribution in [1.82, 2.24) is 9.88 Å². The number of carbonyl (C=O) groups excluding carboxylic acids is 1. The van der Waals surface area contributed by atoms with Crippen LogP contribution < -0.4 is 5.56 Å². The van der Waals surface area contributed by atoms with Crippen LogP contribution in [0.15, 0.2) is 23.1 Å². The van der Waals surface area contributed by atoms with E-state index in [1.807, 2.05) is 0 Å². The predicted octanol–water partition coefficient (Wildman–Crippen LogP) is 0.842. The Morgan fingerprint density at radius 3 is 2.79 bits per heavy atom. The average molecular weight is 259 g/mol. The molecule has 0 unspecified atom stereocenters. The number of alkyl halides is 1. The van der Waals surface area contributed by atoms with Crippen molar-refractivity contribution in [3.05, 3.63) is 34.2 Å². The average Bonchev–Trinajstić information content (AvgIpc) is 2.18. The molecule has 5 heteroatoms. The first kappa shape index (κ1) is 11.0. The van der Waals surface area contributed by atoms with E-state index < -0.39 is 0 Å². The zero-order valence-electron chi connectivity index (χ0n) is 7.79. The Morgan fingerprint density at radius 2 is 2.29 bits per heavy atom. The van der Waals surface area contributed by atoms with E-state index in [4.69, 9.17) is 0 Å². The number of nitrogens with zero attached hydrogens (tertiary/aromatic N) is 1. The van der Waals surface area contributed by atoms with Crippen LogP contribution in [0.2, 0.25) is 0 Å². The monoisotopic (exact) mass is 258 g/mol. The van der Waals surface area contributed by atoms with Crippen molar-refractivity contribution in [1.29, 1.82) is 0 Å². The van der Waals surface area contributed by atoms with E-state index >= 15 is 0 Å². The number of pyridine rings is 1. The summed E-state index contributed by atoms with van der Waals surface area (Å²) in [7, 11) is 1.72. The summed E-state index contributed by atoms with van der Waals surface area (Å²) in [6.07, 6.45) is 1.43. The summed E-state index contributed by atoms with van der Waals surface area (Å²) in [5.41, 5.74) is 0.290. The number of aromatic amines is 1. The number of carbonyl (C=O) groups is 1. The highest BCUT2D eigenvalue weighted by molar-refractivity contribution is 9.09. The molecule has 76 valence electrons. The van der Waals surface area contributed by atoms with Gasteiger partial charge in [0.15, 0.2) is 0 Å². The zero-order valence-corrected chi connectivity index (χ0v) is 9.37. The van der Waals surface area contributed by atoms with Gasteiger partial charge in [-0.2, -0.15) is 0 Å². The molecular weight excluding hydrogens is 248 g/mol. The molecule has 0 bridgehead atoms. The lowest BCUT2D eigenvalue weighted by molar-refractivity contribution is 0.0803. The summed E-state index contributed by atoms with van der Waals surface area (Å²) in [6.45, 7) is 0.637. The fraction of sp³-hybridized carbons (Fsp3) is 0.333. The van der Waals surface area contributed by atoms with E-state index in [2.05, 4.69) is 20.9 Å². The third kappa shape index (κ3) is 2.70. The summed E-state index contributed by atoms with van der Waals surface area (Å²) < 4.78 is 0. The van der Waals surface area contributed by atoms with Crippen LogP contribution in [0, 0.1) is 0 Å². The first-order valence-electron chi connectivity index (χ1n) is 4.15. The third-order valence-electron chi connectivity index (χ3n) is 1.80. The van der Waals surface area contributed by atoms with E-state index in [9.17, 15) is 9.59 Å². The smallest absolute Gasteiger partial charge is 0.255 e. The van der Waals surface area contributed by atoms with Gasteiger partial charge in [-0.3, -0.25) is 9.59 Å². The Balaban J connectivity index is 2.79. The molecule has 0 saturated heterocycles. The molecule has 0 atom stereocenters. The van der Waals surface area contributed by atoms with Crippen molar-refractivity contribution >= 4 is 21.8 Å². The number of nitrogens with one attached hydrogen (secondary N) is 1. The second-order valence-corrected chi connectivity index (χ2v) is 3.65. The molecule has 1 N–H and O–H groups in total. The van der Waals surface area contributed by atoms with Crippen LogP contribution in [0.4, 0.5) is 0 Å². The van der Waals surface area contributed by atoms with Gasteiger partial charge in [-0.15, -0.1) is 0 Å². The maximum atomic E-state index is 11.6. The van der Waals surface area contributed by atoms with Crippen LogP contribution in [0.5, 0.6) is 0 Å². The van der Waals surface area contributed by atoms with Gasteiger partial charge in [-0.05, 0) is 6.07 Å². The van der Waals surface area contributed by atoms with Gasteiger partial charge in [-0.1, -0.05) is 15.9 Å². The molecular formula is C9H11BrN2O2. The van der Waals surface area contributed by atoms with Crippen LogP contribution >= 0.6 is 15.9 Å². The molecule has 1 rings (SSSR count). The Hall–Kier alpha value is -1.10. The predicted molar refractivity (Wildman–Crippen MR) is 57.8 cm³/mol. The maximum Gasteiger partial charge on any atom is 0.255 e. The minimum absolute atomic E-state index is 0.0966. The Kier molecular flexibility index (Phi) is 3.88. The minimum Gasteiger partial charge on any atom is -0.341 e. The SMILES string of the molecule is CN(CCBr)C(=O)c1ccc(=O)[nH]c1. The number of hydrogen-bond acceptors (Lipinski definition) is 2.